The maximum atomic E-state index is 12.5. The number of carbonyl (C=O) groups is 1. The van der Waals surface area contributed by atoms with Crippen molar-refractivity contribution in [2.75, 3.05) is 0 Å². The highest BCUT2D eigenvalue weighted by molar-refractivity contribution is 5.75. The van der Waals surface area contributed by atoms with E-state index in [1.807, 2.05) is 42.8 Å². The fourth-order valence-corrected chi connectivity index (χ4v) is 2.93. The number of carbonyl (C=O) groups excluding carboxylic acids is 1. The first-order valence-corrected chi connectivity index (χ1v) is 9.41. The Bertz CT molecular complexity index is 914. The van der Waals surface area contributed by atoms with Crippen LogP contribution in [0.5, 0.6) is 0 Å². The summed E-state index contributed by atoms with van der Waals surface area (Å²) in [7, 11) is 0. The lowest BCUT2D eigenvalue weighted by Gasteiger charge is -2.15. The third-order valence-electron chi connectivity index (χ3n) is 4.56. The van der Waals surface area contributed by atoms with Crippen molar-refractivity contribution >= 4 is 5.91 Å². The smallest absolute Gasteiger partial charge is 0.242 e. The fraction of sp³-hybridized carbons (Fsp3) is 0.400. The van der Waals surface area contributed by atoms with Gasteiger partial charge in [-0.05, 0) is 18.4 Å². The number of aromatic nitrogens is 5. The molecule has 28 heavy (non-hydrogen) atoms. The van der Waals surface area contributed by atoms with Crippen molar-refractivity contribution in [3.8, 4) is 0 Å². The molecule has 3 rings (SSSR count). The van der Waals surface area contributed by atoms with Crippen LogP contribution in [0.25, 0.3) is 0 Å². The van der Waals surface area contributed by atoms with Crippen LogP contribution in [-0.4, -0.2) is 30.2 Å². The second kappa shape index (κ2) is 8.79. The summed E-state index contributed by atoms with van der Waals surface area (Å²) in [6.07, 6.45) is 3.65. The molecule has 8 heteroatoms. The van der Waals surface area contributed by atoms with E-state index in [9.17, 15) is 4.79 Å². The van der Waals surface area contributed by atoms with E-state index >= 15 is 0 Å². The molecule has 0 saturated heterocycles. The van der Waals surface area contributed by atoms with E-state index in [2.05, 4.69) is 32.5 Å². The van der Waals surface area contributed by atoms with Gasteiger partial charge in [-0.15, -0.1) is 0 Å². The Morgan fingerprint density at radius 2 is 2.00 bits per heavy atom. The first-order valence-electron chi connectivity index (χ1n) is 9.41. The van der Waals surface area contributed by atoms with E-state index in [1.165, 1.54) is 5.56 Å². The molecule has 148 valence electrons. The van der Waals surface area contributed by atoms with Gasteiger partial charge < -0.3 is 15.6 Å². The lowest BCUT2D eigenvalue weighted by atomic mass is 10.1. The molecule has 1 atom stereocenters. The van der Waals surface area contributed by atoms with Gasteiger partial charge in [0.1, 0.15) is 24.0 Å². The zero-order chi connectivity index (χ0) is 20.1. The Morgan fingerprint density at radius 1 is 1.25 bits per heavy atom. The molecule has 2 aromatic heterocycles. The lowest BCUT2D eigenvalue weighted by molar-refractivity contribution is -0.122. The zero-order valence-corrected chi connectivity index (χ0v) is 16.5. The third-order valence-corrected chi connectivity index (χ3v) is 4.56. The number of hydrogen-bond donors (Lipinski definition) is 2. The highest BCUT2D eigenvalue weighted by Crippen LogP contribution is 2.17. The molecular formula is C20H27N7O. The average molecular weight is 381 g/mol. The summed E-state index contributed by atoms with van der Waals surface area (Å²) in [4.78, 5) is 21.2. The summed E-state index contributed by atoms with van der Waals surface area (Å²) in [6.45, 7) is 6.97. The van der Waals surface area contributed by atoms with E-state index in [-0.39, 0.29) is 24.4 Å². The molecule has 0 aliphatic heterocycles. The number of hydrogen-bond acceptors (Lipinski definition) is 5. The standard InChI is InChI=1S/C20H27N7O/c1-14(2)19(21)20-24-15(3)25-27(20)13-18(28)23-11-17-22-9-10-26(17)12-16-7-5-4-6-8-16/h4-10,14,19H,11-13,21H2,1-3H3,(H,23,28)/t19-/m0/s1. The SMILES string of the molecule is Cc1nc([C@@H](N)C(C)C)n(CC(=O)NCc2nccn2Cc2ccccc2)n1. The summed E-state index contributed by atoms with van der Waals surface area (Å²) < 4.78 is 3.61. The van der Waals surface area contributed by atoms with Crippen LogP contribution in [0.2, 0.25) is 0 Å². The molecule has 0 saturated carbocycles. The van der Waals surface area contributed by atoms with Gasteiger partial charge >= 0.3 is 0 Å². The minimum atomic E-state index is -0.265. The van der Waals surface area contributed by atoms with Crippen molar-refractivity contribution in [1.29, 1.82) is 0 Å². The first-order chi connectivity index (χ1) is 13.4. The van der Waals surface area contributed by atoms with Gasteiger partial charge in [0.2, 0.25) is 5.91 Å². The molecule has 0 fully saturated rings. The van der Waals surface area contributed by atoms with Crippen LogP contribution in [0.3, 0.4) is 0 Å². The number of amides is 1. The molecule has 1 amide bonds. The van der Waals surface area contributed by atoms with Crippen molar-refractivity contribution in [3.63, 3.8) is 0 Å². The van der Waals surface area contributed by atoms with Crippen LogP contribution >= 0.6 is 0 Å². The van der Waals surface area contributed by atoms with Crippen LogP contribution < -0.4 is 11.1 Å². The summed E-state index contributed by atoms with van der Waals surface area (Å²) in [6, 6.07) is 9.87. The zero-order valence-electron chi connectivity index (χ0n) is 16.5. The second-order valence-electron chi connectivity index (χ2n) is 7.18. The van der Waals surface area contributed by atoms with Gasteiger partial charge in [-0.25, -0.2) is 14.6 Å². The van der Waals surface area contributed by atoms with Gasteiger partial charge in [0.25, 0.3) is 0 Å². The highest BCUT2D eigenvalue weighted by Gasteiger charge is 2.20. The van der Waals surface area contributed by atoms with Crippen molar-refractivity contribution in [3.05, 3.63) is 65.8 Å². The Balaban J connectivity index is 1.61. The average Bonchev–Trinajstić information content (AvgIpc) is 3.26. The van der Waals surface area contributed by atoms with Crippen molar-refractivity contribution < 1.29 is 4.79 Å². The summed E-state index contributed by atoms with van der Waals surface area (Å²) >= 11 is 0. The molecule has 2 heterocycles. The molecular weight excluding hydrogens is 354 g/mol. The van der Waals surface area contributed by atoms with Crippen LogP contribution in [0.15, 0.2) is 42.7 Å². The van der Waals surface area contributed by atoms with Gasteiger partial charge in [-0.2, -0.15) is 5.10 Å². The van der Waals surface area contributed by atoms with E-state index in [4.69, 9.17) is 5.73 Å². The van der Waals surface area contributed by atoms with Gasteiger partial charge in [0.15, 0.2) is 0 Å². The Morgan fingerprint density at radius 3 is 2.71 bits per heavy atom. The Hall–Kier alpha value is -3.00. The summed E-state index contributed by atoms with van der Waals surface area (Å²) in [5.74, 6) is 2.09. The van der Waals surface area contributed by atoms with Gasteiger partial charge in [-0.3, -0.25) is 4.79 Å². The number of benzene rings is 1. The molecule has 3 aromatic rings. The van der Waals surface area contributed by atoms with Crippen LogP contribution in [-0.2, 0) is 24.4 Å². The van der Waals surface area contributed by atoms with Crippen molar-refractivity contribution in [2.24, 2.45) is 11.7 Å². The fourth-order valence-electron chi connectivity index (χ4n) is 2.93. The minimum Gasteiger partial charge on any atom is -0.347 e. The molecule has 0 unspecified atom stereocenters. The van der Waals surface area contributed by atoms with E-state index < -0.39 is 0 Å². The molecule has 8 nitrogen and oxygen atoms in total. The maximum absolute atomic E-state index is 12.5. The predicted octanol–water partition coefficient (Wildman–Crippen LogP) is 1.80. The quantitative estimate of drug-likeness (QED) is 0.619. The van der Waals surface area contributed by atoms with E-state index in [0.717, 1.165) is 5.82 Å². The number of nitrogens with zero attached hydrogens (tertiary/aromatic N) is 5. The molecule has 0 spiro atoms. The highest BCUT2D eigenvalue weighted by atomic mass is 16.2. The van der Waals surface area contributed by atoms with Gasteiger partial charge in [0, 0.05) is 18.9 Å². The summed E-state index contributed by atoms with van der Waals surface area (Å²) in [5, 5.41) is 7.23. The minimum absolute atomic E-state index is 0.0794. The second-order valence-corrected chi connectivity index (χ2v) is 7.18. The molecule has 0 aliphatic rings. The first kappa shape index (κ1) is 19.8. The number of imidazole rings is 1. The number of nitrogens with two attached hydrogens (primary N) is 1. The largest absolute Gasteiger partial charge is 0.347 e. The van der Waals surface area contributed by atoms with E-state index in [0.29, 0.717) is 24.7 Å². The summed E-state index contributed by atoms with van der Waals surface area (Å²) in [5.41, 5.74) is 7.38. The number of aryl methyl sites for hydroxylation is 1. The van der Waals surface area contributed by atoms with Crippen LogP contribution in [0.1, 0.15) is 42.9 Å². The lowest BCUT2D eigenvalue weighted by Crippen LogP contribution is -2.31. The molecule has 0 aliphatic carbocycles. The molecule has 3 N–H and O–H groups in total. The Kier molecular flexibility index (Phi) is 6.20. The predicted molar refractivity (Wildman–Crippen MR) is 106 cm³/mol. The van der Waals surface area contributed by atoms with Gasteiger partial charge in [-0.1, -0.05) is 44.2 Å². The monoisotopic (exact) mass is 381 g/mol. The van der Waals surface area contributed by atoms with Crippen LogP contribution in [0, 0.1) is 12.8 Å². The molecule has 1 aromatic carbocycles. The van der Waals surface area contributed by atoms with Crippen molar-refractivity contribution in [1.82, 2.24) is 29.6 Å². The van der Waals surface area contributed by atoms with Crippen molar-refractivity contribution in [2.45, 2.75) is 46.4 Å². The maximum Gasteiger partial charge on any atom is 0.242 e. The number of rotatable bonds is 8. The Labute approximate surface area is 164 Å². The number of nitrogens with one attached hydrogen (secondary N) is 1. The van der Waals surface area contributed by atoms with Gasteiger partial charge in [0.05, 0.1) is 12.6 Å². The molecule has 0 bridgehead atoms. The van der Waals surface area contributed by atoms with Crippen LogP contribution in [0.4, 0.5) is 0 Å². The normalized spacial score (nSPS) is 12.3. The third kappa shape index (κ3) is 4.83. The molecule has 0 radical (unpaired) electrons. The topological polar surface area (TPSA) is 104 Å². The van der Waals surface area contributed by atoms with E-state index in [1.54, 1.807) is 17.8 Å².